The Bertz CT molecular complexity index is 181. The van der Waals surface area contributed by atoms with E-state index in [9.17, 15) is 0 Å². The lowest BCUT2D eigenvalue weighted by Gasteiger charge is -2.48. The van der Waals surface area contributed by atoms with E-state index < -0.39 is 0 Å². The third-order valence-electron chi connectivity index (χ3n) is 3.29. The number of rotatable bonds is 2. The highest BCUT2D eigenvalue weighted by molar-refractivity contribution is 4.99. The minimum absolute atomic E-state index is 0.274. The summed E-state index contributed by atoms with van der Waals surface area (Å²) >= 11 is 0. The zero-order valence-corrected chi connectivity index (χ0v) is 12.6. The van der Waals surface area contributed by atoms with Crippen LogP contribution in [0.1, 0.15) is 61.3 Å². The zero-order chi connectivity index (χ0) is 13.0. The smallest absolute Gasteiger partial charge is 0.0145 e. The Hall–Kier alpha value is -0.0800. The summed E-state index contributed by atoms with van der Waals surface area (Å²) in [5, 5.41) is 3.71. The van der Waals surface area contributed by atoms with Gasteiger partial charge in [-0.2, -0.15) is 0 Å². The van der Waals surface area contributed by atoms with Gasteiger partial charge in [0, 0.05) is 17.1 Å². The van der Waals surface area contributed by atoms with E-state index in [1.54, 1.807) is 0 Å². The summed E-state index contributed by atoms with van der Waals surface area (Å²) in [6.45, 7) is 16.6. The summed E-state index contributed by atoms with van der Waals surface area (Å²) in [6, 6.07) is 0.728. The predicted octanol–water partition coefficient (Wildman–Crippen LogP) is 3.27. The summed E-state index contributed by atoms with van der Waals surface area (Å²) in [5.74, 6) is 0. The Kier molecular flexibility index (Phi) is 5.99. The van der Waals surface area contributed by atoms with Crippen LogP contribution in [-0.2, 0) is 0 Å². The van der Waals surface area contributed by atoms with Gasteiger partial charge in [0.25, 0.3) is 0 Å². The van der Waals surface area contributed by atoms with Crippen molar-refractivity contribution in [2.45, 2.75) is 78.4 Å². The van der Waals surface area contributed by atoms with Crippen molar-refractivity contribution in [3.05, 3.63) is 0 Å². The molecule has 0 aliphatic carbocycles. The molecule has 0 aromatic heterocycles. The molecule has 2 heteroatoms. The zero-order valence-electron chi connectivity index (χ0n) is 12.6. The molecule has 0 radical (unpaired) electrons. The first-order chi connectivity index (χ1) is 7.26. The van der Waals surface area contributed by atoms with E-state index in [2.05, 4.69) is 51.9 Å². The fraction of sp³-hybridized carbons (Fsp3) is 1.00. The van der Waals surface area contributed by atoms with Crippen molar-refractivity contribution < 1.29 is 0 Å². The second-order valence-corrected chi connectivity index (χ2v) is 6.03. The summed E-state index contributed by atoms with van der Waals surface area (Å²) < 4.78 is 0. The molecule has 98 valence electrons. The lowest BCUT2D eigenvalue weighted by molar-refractivity contribution is 0.0846. The van der Waals surface area contributed by atoms with Crippen molar-refractivity contribution >= 4 is 0 Å². The number of piperidine rings is 1. The van der Waals surface area contributed by atoms with Crippen LogP contribution in [0, 0.1) is 0 Å². The molecule has 1 N–H and O–H groups in total. The van der Waals surface area contributed by atoms with Crippen molar-refractivity contribution in [3.8, 4) is 0 Å². The molecule has 0 atom stereocenters. The highest BCUT2D eigenvalue weighted by Crippen LogP contribution is 2.30. The van der Waals surface area contributed by atoms with Crippen LogP contribution in [0.5, 0.6) is 0 Å². The van der Waals surface area contributed by atoms with Crippen LogP contribution in [0.4, 0.5) is 0 Å². The Morgan fingerprint density at radius 1 is 1.06 bits per heavy atom. The fourth-order valence-electron chi connectivity index (χ4n) is 2.84. The maximum absolute atomic E-state index is 3.71. The summed E-state index contributed by atoms with van der Waals surface area (Å²) in [7, 11) is 2.24. The molecular weight excluding hydrogens is 196 g/mol. The van der Waals surface area contributed by atoms with E-state index >= 15 is 0 Å². The van der Waals surface area contributed by atoms with Crippen LogP contribution >= 0.6 is 0 Å². The summed E-state index contributed by atoms with van der Waals surface area (Å²) in [4.78, 5) is 2.48. The maximum atomic E-state index is 3.71. The largest absolute Gasteiger partial charge is 0.307 e. The second kappa shape index (κ2) is 6.02. The van der Waals surface area contributed by atoms with Gasteiger partial charge < -0.3 is 10.2 Å². The van der Waals surface area contributed by atoms with Crippen molar-refractivity contribution in [1.82, 2.24) is 10.2 Å². The Balaban J connectivity index is 0.00000106. The van der Waals surface area contributed by atoms with Gasteiger partial charge in [-0.3, -0.25) is 0 Å². The van der Waals surface area contributed by atoms with Gasteiger partial charge in [0.05, 0.1) is 0 Å². The van der Waals surface area contributed by atoms with Crippen molar-refractivity contribution in [2.24, 2.45) is 0 Å². The number of hydrogen-bond acceptors (Lipinski definition) is 2. The van der Waals surface area contributed by atoms with Crippen LogP contribution in [0.15, 0.2) is 0 Å². The first-order valence-electron chi connectivity index (χ1n) is 6.75. The van der Waals surface area contributed by atoms with Crippen LogP contribution in [0.2, 0.25) is 0 Å². The minimum atomic E-state index is 0.274. The van der Waals surface area contributed by atoms with E-state index in [0.29, 0.717) is 0 Å². The molecule has 0 aromatic rings. The summed E-state index contributed by atoms with van der Waals surface area (Å²) in [5.41, 5.74) is 0.547. The molecule has 16 heavy (non-hydrogen) atoms. The molecule has 2 nitrogen and oxygen atoms in total. The van der Waals surface area contributed by atoms with E-state index in [1.165, 1.54) is 12.8 Å². The number of nitrogens with zero attached hydrogens (tertiary/aromatic N) is 1. The number of hydrogen-bond donors (Lipinski definition) is 1. The molecule has 1 aliphatic heterocycles. The monoisotopic (exact) mass is 228 g/mol. The molecule has 1 heterocycles. The average Bonchev–Trinajstić information content (AvgIpc) is 2.15. The average molecular weight is 228 g/mol. The minimum Gasteiger partial charge on any atom is -0.307 e. The van der Waals surface area contributed by atoms with Gasteiger partial charge in [-0.15, -0.1) is 0 Å². The number of nitrogens with one attached hydrogen (secondary N) is 1. The summed E-state index contributed by atoms with van der Waals surface area (Å²) in [6.07, 6.45) is 2.50. The molecule has 0 saturated carbocycles. The molecule has 0 spiro atoms. The van der Waals surface area contributed by atoms with Gasteiger partial charge in [-0.05, 0) is 54.1 Å². The van der Waals surface area contributed by atoms with Crippen LogP contribution in [0.25, 0.3) is 0 Å². The van der Waals surface area contributed by atoms with Crippen LogP contribution in [0.3, 0.4) is 0 Å². The predicted molar refractivity (Wildman–Crippen MR) is 74.0 cm³/mol. The molecule has 1 rings (SSSR count). The van der Waals surface area contributed by atoms with Gasteiger partial charge >= 0.3 is 0 Å². The van der Waals surface area contributed by atoms with Gasteiger partial charge in [0.2, 0.25) is 0 Å². The third kappa shape index (κ3) is 4.84. The van der Waals surface area contributed by atoms with Crippen LogP contribution in [-0.4, -0.2) is 35.6 Å². The van der Waals surface area contributed by atoms with Gasteiger partial charge in [-0.25, -0.2) is 0 Å². The lowest BCUT2D eigenvalue weighted by Crippen LogP contribution is -2.61. The Labute approximate surface area is 103 Å². The highest BCUT2D eigenvalue weighted by atomic mass is 15.2. The first-order valence-corrected chi connectivity index (χ1v) is 6.75. The van der Waals surface area contributed by atoms with E-state index in [0.717, 1.165) is 12.6 Å². The van der Waals surface area contributed by atoms with E-state index in [1.807, 2.05) is 13.8 Å². The van der Waals surface area contributed by atoms with Crippen molar-refractivity contribution in [2.75, 3.05) is 13.6 Å². The Morgan fingerprint density at radius 2 is 1.44 bits per heavy atom. The lowest BCUT2D eigenvalue weighted by atomic mass is 9.79. The second-order valence-electron chi connectivity index (χ2n) is 6.03. The molecule has 1 saturated heterocycles. The SMILES string of the molecule is CC.CCN(C)C1CC(C)(C)NC(C)(C)C1. The van der Waals surface area contributed by atoms with E-state index in [-0.39, 0.29) is 11.1 Å². The van der Waals surface area contributed by atoms with Crippen molar-refractivity contribution in [1.29, 1.82) is 0 Å². The fourth-order valence-corrected chi connectivity index (χ4v) is 2.84. The van der Waals surface area contributed by atoms with Gasteiger partial charge in [-0.1, -0.05) is 20.8 Å². The molecule has 0 bridgehead atoms. The standard InChI is InChI=1S/C12H26N2.C2H6/c1-7-14(6)10-8-11(2,3)13-12(4,5)9-10;1-2/h10,13H,7-9H2,1-6H3;1-2H3. The molecule has 0 unspecified atom stereocenters. The maximum Gasteiger partial charge on any atom is 0.0145 e. The third-order valence-corrected chi connectivity index (χ3v) is 3.29. The Morgan fingerprint density at radius 3 is 1.75 bits per heavy atom. The van der Waals surface area contributed by atoms with Crippen molar-refractivity contribution in [3.63, 3.8) is 0 Å². The topological polar surface area (TPSA) is 15.3 Å². The molecule has 0 aromatic carbocycles. The van der Waals surface area contributed by atoms with Gasteiger partial charge in [0.1, 0.15) is 0 Å². The van der Waals surface area contributed by atoms with Gasteiger partial charge in [0.15, 0.2) is 0 Å². The molecular formula is C14H32N2. The normalized spacial score (nSPS) is 23.8. The molecule has 1 aliphatic rings. The first kappa shape index (κ1) is 15.9. The quantitative estimate of drug-likeness (QED) is 0.780. The molecule has 1 fully saturated rings. The molecule has 0 amide bonds. The van der Waals surface area contributed by atoms with Crippen LogP contribution < -0.4 is 5.32 Å². The highest BCUT2D eigenvalue weighted by Gasteiger charge is 2.38. The van der Waals surface area contributed by atoms with E-state index in [4.69, 9.17) is 0 Å².